The Labute approximate surface area is 162 Å². The Kier molecular flexibility index (Phi) is 5.58. The van der Waals surface area contributed by atoms with Crippen LogP contribution in [0.2, 0.25) is 0 Å². The van der Waals surface area contributed by atoms with E-state index in [1.807, 2.05) is 13.8 Å². The predicted octanol–water partition coefficient (Wildman–Crippen LogP) is 2.64. The first-order chi connectivity index (χ1) is 13.0. The SMILES string of the molecule is CC(C)Oc1ccc(C#N)cc1C(=O)N1CCN(c2ncc(C#N)s2)CC1. The fourth-order valence-corrected chi connectivity index (χ4v) is 3.62. The Morgan fingerprint density at radius 3 is 2.56 bits per heavy atom. The molecule has 0 radical (unpaired) electrons. The van der Waals surface area contributed by atoms with Gasteiger partial charge in [-0.25, -0.2) is 4.98 Å². The third-order valence-electron chi connectivity index (χ3n) is 4.14. The number of carbonyl (C=O) groups excluding carboxylic acids is 1. The molecule has 2 aromatic rings. The lowest BCUT2D eigenvalue weighted by Crippen LogP contribution is -2.48. The van der Waals surface area contributed by atoms with E-state index in [0.717, 1.165) is 5.13 Å². The number of nitrogens with zero attached hydrogens (tertiary/aromatic N) is 5. The van der Waals surface area contributed by atoms with E-state index < -0.39 is 0 Å². The summed E-state index contributed by atoms with van der Waals surface area (Å²) in [4.78, 5) is 21.7. The molecular weight excluding hydrogens is 362 g/mol. The third kappa shape index (κ3) is 4.18. The van der Waals surface area contributed by atoms with Crippen molar-refractivity contribution >= 4 is 22.4 Å². The largest absolute Gasteiger partial charge is 0.490 e. The van der Waals surface area contributed by atoms with Gasteiger partial charge in [-0.3, -0.25) is 4.79 Å². The molecule has 27 heavy (non-hydrogen) atoms. The molecule has 1 aromatic carbocycles. The summed E-state index contributed by atoms with van der Waals surface area (Å²) in [7, 11) is 0. The summed E-state index contributed by atoms with van der Waals surface area (Å²) in [5, 5.41) is 18.9. The van der Waals surface area contributed by atoms with Crippen LogP contribution in [-0.2, 0) is 0 Å². The van der Waals surface area contributed by atoms with Gasteiger partial charge in [0.15, 0.2) is 5.13 Å². The number of nitriles is 2. The topological polar surface area (TPSA) is 93.2 Å². The Hall–Kier alpha value is -3.10. The van der Waals surface area contributed by atoms with Crippen molar-refractivity contribution in [3.8, 4) is 17.9 Å². The standard InChI is InChI=1S/C19H19N5O2S/c1-13(2)26-17-4-3-14(10-20)9-16(17)18(25)23-5-7-24(8-6-23)19-22-12-15(11-21)27-19/h3-4,9,12-13H,5-8H2,1-2H3. The quantitative estimate of drug-likeness (QED) is 0.808. The molecular formula is C19H19N5O2S. The van der Waals surface area contributed by atoms with Gasteiger partial charge >= 0.3 is 0 Å². The van der Waals surface area contributed by atoms with E-state index in [2.05, 4.69) is 22.0 Å². The smallest absolute Gasteiger partial charge is 0.257 e. The van der Waals surface area contributed by atoms with Crippen molar-refractivity contribution in [2.75, 3.05) is 31.1 Å². The van der Waals surface area contributed by atoms with Crippen molar-refractivity contribution in [2.45, 2.75) is 20.0 Å². The normalized spacial score (nSPS) is 14.0. The van der Waals surface area contributed by atoms with Gasteiger partial charge in [0.05, 0.1) is 29.5 Å². The van der Waals surface area contributed by atoms with Crippen molar-refractivity contribution < 1.29 is 9.53 Å². The number of hydrogen-bond donors (Lipinski definition) is 0. The maximum absolute atomic E-state index is 13.0. The number of aromatic nitrogens is 1. The lowest BCUT2D eigenvalue weighted by atomic mass is 10.1. The van der Waals surface area contributed by atoms with Crippen LogP contribution in [0.4, 0.5) is 5.13 Å². The highest BCUT2D eigenvalue weighted by atomic mass is 32.1. The first kappa shape index (κ1) is 18.7. The Bertz CT molecular complexity index is 917. The highest BCUT2D eigenvalue weighted by Crippen LogP contribution is 2.26. The van der Waals surface area contributed by atoms with Crippen LogP contribution >= 0.6 is 11.3 Å². The first-order valence-corrected chi connectivity index (χ1v) is 9.44. The average molecular weight is 381 g/mol. The van der Waals surface area contributed by atoms with Gasteiger partial charge in [-0.1, -0.05) is 11.3 Å². The zero-order valence-electron chi connectivity index (χ0n) is 15.2. The van der Waals surface area contributed by atoms with Crippen molar-refractivity contribution in [3.05, 3.63) is 40.4 Å². The number of anilines is 1. The second kappa shape index (κ2) is 8.07. The summed E-state index contributed by atoms with van der Waals surface area (Å²) < 4.78 is 5.76. The molecule has 138 valence electrons. The molecule has 0 bridgehead atoms. The van der Waals surface area contributed by atoms with Crippen molar-refractivity contribution in [2.24, 2.45) is 0 Å². The number of ether oxygens (including phenoxy) is 1. The van der Waals surface area contributed by atoms with Gasteiger partial charge in [0, 0.05) is 26.2 Å². The molecule has 1 aromatic heterocycles. The first-order valence-electron chi connectivity index (χ1n) is 8.62. The zero-order chi connectivity index (χ0) is 19.4. The fraction of sp³-hybridized carbons (Fsp3) is 0.368. The van der Waals surface area contributed by atoms with E-state index in [1.54, 1.807) is 29.3 Å². The van der Waals surface area contributed by atoms with E-state index in [9.17, 15) is 4.79 Å². The summed E-state index contributed by atoms with van der Waals surface area (Å²) in [5.74, 6) is 0.356. The minimum Gasteiger partial charge on any atom is -0.490 e. The minimum absolute atomic E-state index is 0.0689. The number of piperazine rings is 1. The van der Waals surface area contributed by atoms with Crippen LogP contribution in [-0.4, -0.2) is 48.1 Å². The minimum atomic E-state index is -0.140. The van der Waals surface area contributed by atoms with Crippen LogP contribution in [0.15, 0.2) is 24.4 Å². The van der Waals surface area contributed by atoms with E-state index in [1.165, 1.54) is 11.3 Å². The molecule has 0 aliphatic carbocycles. The monoisotopic (exact) mass is 381 g/mol. The van der Waals surface area contributed by atoms with Gasteiger partial charge in [-0.2, -0.15) is 10.5 Å². The number of amides is 1. The van der Waals surface area contributed by atoms with E-state index in [4.69, 9.17) is 15.3 Å². The maximum Gasteiger partial charge on any atom is 0.257 e. The number of thiazole rings is 1. The second-order valence-corrected chi connectivity index (χ2v) is 7.40. The van der Waals surface area contributed by atoms with Crippen molar-refractivity contribution in [1.29, 1.82) is 10.5 Å². The average Bonchev–Trinajstić information content (AvgIpc) is 3.17. The van der Waals surface area contributed by atoms with Gasteiger partial charge in [0.25, 0.3) is 5.91 Å². The Morgan fingerprint density at radius 1 is 1.22 bits per heavy atom. The lowest BCUT2D eigenvalue weighted by Gasteiger charge is -2.34. The van der Waals surface area contributed by atoms with E-state index in [0.29, 0.717) is 47.9 Å². The maximum atomic E-state index is 13.0. The summed E-state index contributed by atoms with van der Waals surface area (Å²) in [6.45, 7) is 6.16. The predicted molar refractivity (Wildman–Crippen MR) is 102 cm³/mol. The van der Waals surface area contributed by atoms with Crippen molar-refractivity contribution in [3.63, 3.8) is 0 Å². The van der Waals surface area contributed by atoms with Gasteiger partial charge in [0.2, 0.25) is 0 Å². The number of benzene rings is 1. The van der Waals surface area contributed by atoms with Crippen LogP contribution in [0.25, 0.3) is 0 Å². The molecule has 0 atom stereocenters. The lowest BCUT2D eigenvalue weighted by molar-refractivity contribution is 0.0740. The van der Waals surface area contributed by atoms with E-state index >= 15 is 0 Å². The highest BCUT2D eigenvalue weighted by molar-refractivity contribution is 7.16. The van der Waals surface area contributed by atoms with Crippen LogP contribution in [0.1, 0.15) is 34.6 Å². The molecule has 0 saturated carbocycles. The molecule has 1 amide bonds. The van der Waals surface area contributed by atoms with Gasteiger partial charge in [0.1, 0.15) is 16.7 Å². The Morgan fingerprint density at radius 2 is 1.96 bits per heavy atom. The molecule has 1 saturated heterocycles. The molecule has 8 heteroatoms. The van der Waals surface area contributed by atoms with Gasteiger partial charge < -0.3 is 14.5 Å². The molecule has 1 aliphatic rings. The second-order valence-electron chi connectivity index (χ2n) is 6.39. The molecule has 0 N–H and O–H groups in total. The van der Waals surface area contributed by atoms with Crippen LogP contribution in [0.3, 0.4) is 0 Å². The summed E-state index contributed by atoms with van der Waals surface area (Å²) >= 11 is 1.35. The van der Waals surface area contributed by atoms with Crippen LogP contribution in [0.5, 0.6) is 5.75 Å². The molecule has 0 unspecified atom stereocenters. The molecule has 0 spiro atoms. The summed E-state index contributed by atoms with van der Waals surface area (Å²) in [6, 6.07) is 9.09. The van der Waals surface area contributed by atoms with Gasteiger partial charge in [-0.05, 0) is 32.0 Å². The third-order valence-corrected chi connectivity index (χ3v) is 5.11. The van der Waals surface area contributed by atoms with E-state index in [-0.39, 0.29) is 12.0 Å². The number of hydrogen-bond acceptors (Lipinski definition) is 7. The molecule has 1 aliphatic heterocycles. The molecule has 2 heterocycles. The van der Waals surface area contributed by atoms with Crippen LogP contribution < -0.4 is 9.64 Å². The molecule has 3 rings (SSSR count). The number of carbonyl (C=O) groups is 1. The zero-order valence-corrected chi connectivity index (χ0v) is 16.0. The summed E-state index contributed by atoms with van der Waals surface area (Å²) in [5.41, 5.74) is 0.845. The highest BCUT2D eigenvalue weighted by Gasteiger charge is 2.26. The fourth-order valence-electron chi connectivity index (χ4n) is 2.86. The van der Waals surface area contributed by atoms with Crippen molar-refractivity contribution in [1.82, 2.24) is 9.88 Å². The molecule has 7 nitrogen and oxygen atoms in total. The van der Waals surface area contributed by atoms with Gasteiger partial charge in [-0.15, -0.1) is 0 Å². The summed E-state index contributed by atoms with van der Waals surface area (Å²) in [6.07, 6.45) is 1.50. The molecule has 1 fully saturated rings. The number of rotatable bonds is 4. The Balaban J connectivity index is 1.74. The van der Waals surface area contributed by atoms with Crippen LogP contribution in [0, 0.1) is 22.7 Å².